The third-order valence-electron chi connectivity index (χ3n) is 3.55. The second kappa shape index (κ2) is 7.57. The third-order valence-corrected chi connectivity index (χ3v) is 4.54. The lowest BCUT2D eigenvalue weighted by molar-refractivity contribution is 0.566. The van der Waals surface area contributed by atoms with Crippen LogP contribution in [0.4, 0.5) is 13.2 Å². The Hall–Kier alpha value is -2.54. The van der Waals surface area contributed by atoms with Crippen LogP contribution in [0.2, 0.25) is 0 Å². The molecule has 0 aliphatic heterocycles. The van der Waals surface area contributed by atoms with E-state index < -0.39 is 17.5 Å². The molecule has 0 N–H and O–H groups in total. The highest BCUT2D eigenvalue weighted by molar-refractivity contribution is 7.98. The van der Waals surface area contributed by atoms with Gasteiger partial charge in [0.15, 0.2) is 11.0 Å². The van der Waals surface area contributed by atoms with Gasteiger partial charge in [-0.05, 0) is 24.3 Å². The molecule has 3 nitrogen and oxygen atoms in total. The lowest BCUT2D eigenvalue weighted by Gasteiger charge is -2.09. The molecule has 0 unspecified atom stereocenters. The van der Waals surface area contributed by atoms with Crippen molar-refractivity contribution in [2.75, 3.05) is 0 Å². The fraction of sp³-hybridized carbons (Fsp3) is 0.111. The van der Waals surface area contributed by atoms with Crippen LogP contribution in [0, 0.1) is 17.5 Å². The lowest BCUT2D eigenvalue weighted by Crippen LogP contribution is -2.02. The fourth-order valence-electron chi connectivity index (χ4n) is 2.34. The minimum atomic E-state index is -0.614. The summed E-state index contributed by atoms with van der Waals surface area (Å²) in [5, 5.41) is 8.51. The monoisotopic (exact) mass is 361 g/mol. The van der Waals surface area contributed by atoms with Gasteiger partial charge in [-0.1, -0.05) is 36.0 Å². The van der Waals surface area contributed by atoms with E-state index in [1.807, 2.05) is 0 Å². The number of hydrogen-bond acceptors (Lipinski definition) is 3. The van der Waals surface area contributed by atoms with E-state index in [1.54, 1.807) is 28.8 Å². The number of nitrogens with zero attached hydrogens (tertiary/aromatic N) is 3. The number of benzene rings is 2. The molecule has 3 rings (SSSR count). The average molecular weight is 361 g/mol. The topological polar surface area (TPSA) is 30.7 Å². The van der Waals surface area contributed by atoms with Gasteiger partial charge in [-0.25, -0.2) is 13.2 Å². The van der Waals surface area contributed by atoms with Crippen molar-refractivity contribution in [1.82, 2.24) is 14.8 Å². The van der Waals surface area contributed by atoms with Crippen LogP contribution in [0.1, 0.15) is 5.56 Å². The normalized spacial score (nSPS) is 10.8. The molecule has 0 bridgehead atoms. The molecule has 0 aliphatic carbocycles. The molecule has 1 aromatic heterocycles. The number of aromatic nitrogens is 3. The number of halogens is 3. The summed E-state index contributed by atoms with van der Waals surface area (Å²) in [6.07, 6.45) is 1.63. The van der Waals surface area contributed by atoms with E-state index in [9.17, 15) is 13.2 Å². The van der Waals surface area contributed by atoms with Crippen LogP contribution < -0.4 is 0 Å². The lowest BCUT2D eigenvalue weighted by atomic mass is 10.2. The molecule has 0 saturated heterocycles. The highest BCUT2D eigenvalue weighted by atomic mass is 32.2. The van der Waals surface area contributed by atoms with Gasteiger partial charge in [0, 0.05) is 17.9 Å². The van der Waals surface area contributed by atoms with E-state index in [1.165, 1.54) is 24.3 Å². The van der Waals surface area contributed by atoms with Crippen molar-refractivity contribution in [2.24, 2.45) is 0 Å². The minimum Gasteiger partial charge on any atom is -0.298 e. The summed E-state index contributed by atoms with van der Waals surface area (Å²) in [7, 11) is 0. The van der Waals surface area contributed by atoms with Crippen molar-refractivity contribution in [3.05, 3.63) is 78.1 Å². The van der Waals surface area contributed by atoms with Gasteiger partial charge >= 0.3 is 0 Å². The molecule has 0 spiro atoms. The Labute approximate surface area is 147 Å². The van der Waals surface area contributed by atoms with E-state index in [-0.39, 0.29) is 11.3 Å². The molecule has 1 heterocycles. The maximum absolute atomic E-state index is 14.0. The van der Waals surface area contributed by atoms with Crippen molar-refractivity contribution in [2.45, 2.75) is 17.5 Å². The molecule has 2 aromatic carbocycles. The Bertz CT molecular complexity index is 888. The van der Waals surface area contributed by atoms with Gasteiger partial charge in [-0.3, -0.25) is 4.57 Å². The summed E-state index contributed by atoms with van der Waals surface area (Å²) in [6.45, 7) is 4.03. The van der Waals surface area contributed by atoms with Gasteiger partial charge in [0.2, 0.25) is 0 Å². The predicted molar refractivity (Wildman–Crippen MR) is 91.5 cm³/mol. The number of allylic oxidation sites excluding steroid dienone is 1. The molecule has 3 aromatic rings. The first-order chi connectivity index (χ1) is 12.1. The largest absolute Gasteiger partial charge is 0.298 e. The van der Waals surface area contributed by atoms with Crippen molar-refractivity contribution in [3.8, 4) is 11.4 Å². The molecule has 0 atom stereocenters. The minimum absolute atomic E-state index is 0.0342. The fourth-order valence-corrected chi connectivity index (χ4v) is 3.30. The summed E-state index contributed by atoms with van der Waals surface area (Å²) in [4.78, 5) is 0. The molecular formula is C18H14F3N3S. The Morgan fingerprint density at radius 3 is 2.32 bits per heavy atom. The molecule has 128 valence electrons. The van der Waals surface area contributed by atoms with E-state index in [2.05, 4.69) is 16.8 Å². The molecule has 0 saturated carbocycles. The van der Waals surface area contributed by atoms with Gasteiger partial charge in [-0.2, -0.15) is 0 Å². The zero-order valence-corrected chi connectivity index (χ0v) is 13.9. The van der Waals surface area contributed by atoms with Gasteiger partial charge in [0.1, 0.15) is 17.5 Å². The van der Waals surface area contributed by atoms with Crippen molar-refractivity contribution in [1.29, 1.82) is 0 Å². The molecule has 0 radical (unpaired) electrons. The molecule has 0 fully saturated rings. The quantitative estimate of drug-likeness (QED) is 0.465. The highest BCUT2D eigenvalue weighted by Gasteiger charge is 2.17. The predicted octanol–water partition coefficient (Wildman–Crippen LogP) is 4.84. The maximum Gasteiger partial charge on any atom is 0.192 e. The Kier molecular flexibility index (Phi) is 5.23. The van der Waals surface area contributed by atoms with E-state index in [0.717, 1.165) is 11.8 Å². The Balaban J connectivity index is 1.92. The maximum atomic E-state index is 14.0. The number of thioether (sulfide) groups is 1. The highest BCUT2D eigenvalue weighted by Crippen LogP contribution is 2.29. The van der Waals surface area contributed by atoms with Crippen LogP contribution in [-0.4, -0.2) is 14.8 Å². The second-order valence-electron chi connectivity index (χ2n) is 5.17. The van der Waals surface area contributed by atoms with E-state index >= 15 is 0 Å². The number of rotatable bonds is 6. The molecular weight excluding hydrogens is 347 g/mol. The van der Waals surface area contributed by atoms with Crippen molar-refractivity contribution in [3.63, 3.8) is 0 Å². The van der Waals surface area contributed by atoms with E-state index in [4.69, 9.17) is 0 Å². The molecule has 0 amide bonds. The van der Waals surface area contributed by atoms with Crippen LogP contribution in [0.3, 0.4) is 0 Å². The summed E-state index contributed by atoms with van der Waals surface area (Å²) in [6, 6.07) is 9.95. The molecule has 0 aliphatic rings. The summed E-state index contributed by atoms with van der Waals surface area (Å²) in [5.74, 6) is -1.26. The van der Waals surface area contributed by atoms with Gasteiger partial charge < -0.3 is 0 Å². The van der Waals surface area contributed by atoms with Crippen LogP contribution in [-0.2, 0) is 12.3 Å². The second-order valence-corrected chi connectivity index (χ2v) is 6.12. The first-order valence-corrected chi connectivity index (χ1v) is 8.45. The smallest absolute Gasteiger partial charge is 0.192 e. The average Bonchev–Trinajstić information content (AvgIpc) is 2.98. The van der Waals surface area contributed by atoms with Crippen LogP contribution in [0.25, 0.3) is 11.4 Å². The molecule has 25 heavy (non-hydrogen) atoms. The van der Waals surface area contributed by atoms with E-state index in [0.29, 0.717) is 23.1 Å². The van der Waals surface area contributed by atoms with Crippen LogP contribution >= 0.6 is 11.8 Å². The summed E-state index contributed by atoms with van der Waals surface area (Å²) >= 11 is 1.13. The Morgan fingerprint density at radius 1 is 0.960 bits per heavy atom. The zero-order chi connectivity index (χ0) is 17.8. The van der Waals surface area contributed by atoms with Crippen molar-refractivity contribution >= 4 is 11.8 Å². The van der Waals surface area contributed by atoms with Gasteiger partial charge in [0.05, 0.1) is 5.56 Å². The van der Waals surface area contributed by atoms with Gasteiger partial charge in [-0.15, -0.1) is 16.8 Å². The van der Waals surface area contributed by atoms with Gasteiger partial charge in [0.25, 0.3) is 0 Å². The van der Waals surface area contributed by atoms with Crippen LogP contribution in [0.15, 0.2) is 60.3 Å². The number of hydrogen-bond donors (Lipinski definition) is 0. The molecule has 7 heteroatoms. The standard InChI is InChI=1S/C18H14F3N3S/c1-2-10-24-17(12-6-3-4-7-14(12)19)22-23-18(24)25-11-13-15(20)8-5-9-16(13)21/h2-9H,1,10-11H2. The van der Waals surface area contributed by atoms with Crippen LogP contribution in [0.5, 0.6) is 0 Å². The first kappa shape index (κ1) is 17.3. The third kappa shape index (κ3) is 3.61. The Morgan fingerprint density at radius 2 is 1.64 bits per heavy atom. The summed E-state index contributed by atoms with van der Waals surface area (Å²) in [5.41, 5.74) is 0.272. The first-order valence-electron chi connectivity index (χ1n) is 7.46. The SMILES string of the molecule is C=CCn1c(SCc2c(F)cccc2F)nnc1-c1ccccc1F. The summed E-state index contributed by atoms with van der Waals surface area (Å²) < 4.78 is 43.2. The van der Waals surface area contributed by atoms with Crippen molar-refractivity contribution < 1.29 is 13.2 Å². The zero-order valence-electron chi connectivity index (χ0n) is 13.1.